The standard InChI is InChI=1S/C69H133NO5/c1-3-5-7-9-11-13-15-17-19-30-34-37-41-45-49-53-57-61-67(72)66(65-71)70-68(73)62-58-54-50-46-42-38-35-31-28-26-24-22-20-21-23-25-27-29-32-36-40-44-48-52-56-60-64-75-69(74)63-59-55-51-47-43-39-33-18-16-14-12-10-8-6-4-2/h12,14,18,33,66-67,71-72H,3-11,13,15-17,19-32,34-65H2,1-2H3,(H,70,73)/b14-12-,33-18-. The molecular formula is C69H133NO5. The third-order valence-electron chi connectivity index (χ3n) is 16.0. The van der Waals surface area contributed by atoms with Gasteiger partial charge >= 0.3 is 5.97 Å². The first-order valence-electron chi connectivity index (χ1n) is 34.1. The lowest BCUT2D eigenvalue weighted by Gasteiger charge is -2.22. The van der Waals surface area contributed by atoms with Crippen LogP contribution in [0.5, 0.6) is 0 Å². The van der Waals surface area contributed by atoms with Crippen LogP contribution in [0, 0.1) is 0 Å². The van der Waals surface area contributed by atoms with Gasteiger partial charge in [0, 0.05) is 12.8 Å². The van der Waals surface area contributed by atoms with E-state index in [1.165, 1.54) is 295 Å². The SMILES string of the molecule is CCCCC/C=C\C/C=C\CCCCCCCC(=O)OCCCCCCCCCCCCCCCCCCCCCCCCCCCCC(=O)NC(CO)C(O)CCCCCCCCCCCCCCCCCCC. The molecule has 0 aliphatic carbocycles. The average Bonchev–Trinajstić information content (AvgIpc) is 3.41. The number of carbonyl (C=O) groups is 2. The van der Waals surface area contributed by atoms with Crippen LogP contribution in [0.1, 0.15) is 380 Å². The summed E-state index contributed by atoms with van der Waals surface area (Å²) in [5.41, 5.74) is 0. The van der Waals surface area contributed by atoms with Gasteiger partial charge in [-0.25, -0.2) is 0 Å². The fourth-order valence-corrected chi connectivity index (χ4v) is 10.8. The second-order valence-electron chi connectivity index (χ2n) is 23.5. The first-order chi connectivity index (χ1) is 37.0. The molecule has 0 fully saturated rings. The van der Waals surface area contributed by atoms with Gasteiger partial charge < -0.3 is 20.3 Å². The molecule has 0 radical (unpaired) electrons. The maximum absolute atomic E-state index is 12.5. The van der Waals surface area contributed by atoms with E-state index in [-0.39, 0.29) is 18.5 Å². The summed E-state index contributed by atoms with van der Waals surface area (Å²) in [6.45, 7) is 4.95. The van der Waals surface area contributed by atoms with Gasteiger partial charge in [-0.3, -0.25) is 9.59 Å². The van der Waals surface area contributed by atoms with Gasteiger partial charge in [-0.05, 0) is 57.8 Å². The largest absolute Gasteiger partial charge is 0.466 e. The van der Waals surface area contributed by atoms with E-state index in [1.807, 2.05) is 0 Å². The zero-order chi connectivity index (χ0) is 54.3. The summed E-state index contributed by atoms with van der Waals surface area (Å²) < 4.78 is 5.49. The number of allylic oxidation sites excluding steroid dienone is 4. The van der Waals surface area contributed by atoms with Crippen molar-refractivity contribution in [1.29, 1.82) is 0 Å². The summed E-state index contributed by atoms with van der Waals surface area (Å²) in [7, 11) is 0. The number of rotatable bonds is 64. The quantitative estimate of drug-likeness (QED) is 0.0320. The number of hydrogen-bond donors (Lipinski definition) is 3. The van der Waals surface area contributed by atoms with Crippen LogP contribution >= 0.6 is 0 Å². The molecular weight excluding hydrogens is 923 g/mol. The predicted molar refractivity (Wildman–Crippen MR) is 329 cm³/mol. The van der Waals surface area contributed by atoms with Crippen LogP contribution in [0.2, 0.25) is 0 Å². The first kappa shape index (κ1) is 73.3. The molecule has 2 unspecified atom stereocenters. The van der Waals surface area contributed by atoms with Crippen molar-refractivity contribution < 1.29 is 24.5 Å². The third kappa shape index (κ3) is 61.4. The highest BCUT2D eigenvalue weighted by Gasteiger charge is 2.20. The molecule has 0 rings (SSSR count). The maximum Gasteiger partial charge on any atom is 0.305 e. The minimum Gasteiger partial charge on any atom is -0.466 e. The van der Waals surface area contributed by atoms with Gasteiger partial charge in [0.1, 0.15) is 0 Å². The normalized spacial score (nSPS) is 12.6. The van der Waals surface area contributed by atoms with Crippen LogP contribution in [0.25, 0.3) is 0 Å². The fraction of sp³-hybridized carbons (Fsp3) is 0.913. The molecule has 0 bridgehead atoms. The zero-order valence-corrected chi connectivity index (χ0v) is 50.8. The average molecular weight is 1060 g/mol. The zero-order valence-electron chi connectivity index (χ0n) is 50.8. The van der Waals surface area contributed by atoms with Gasteiger partial charge in [-0.2, -0.15) is 0 Å². The number of esters is 1. The summed E-state index contributed by atoms with van der Waals surface area (Å²) >= 11 is 0. The van der Waals surface area contributed by atoms with Gasteiger partial charge in [-0.15, -0.1) is 0 Å². The highest BCUT2D eigenvalue weighted by Crippen LogP contribution is 2.19. The lowest BCUT2D eigenvalue weighted by molar-refractivity contribution is -0.143. The third-order valence-corrected chi connectivity index (χ3v) is 16.0. The Morgan fingerprint density at radius 3 is 1.04 bits per heavy atom. The van der Waals surface area contributed by atoms with Crippen molar-refractivity contribution in [2.75, 3.05) is 13.2 Å². The molecule has 0 aromatic rings. The van der Waals surface area contributed by atoms with Crippen molar-refractivity contribution in [2.24, 2.45) is 0 Å². The van der Waals surface area contributed by atoms with Gasteiger partial charge in [-0.1, -0.05) is 334 Å². The molecule has 0 aromatic carbocycles. The Morgan fingerprint density at radius 1 is 0.373 bits per heavy atom. The summed E-state index contributed by atoms with van der Waals surface area (Å²) in [5, 5.41) is 23.4. The molecule has 0 aliphatic rings. The highest BCUT2D eigenvalue weighted by atomic mass is 16.5. The van der Waals surface area contributed by atoms with E-state index in [9.17, 15) is 19.8 Å². The van der Waals surface area contributed by atoms with E-state index in [2.05, 4.69) is 43.5 Å². The number of aliphatic hydroxyl groups excluding tert-OH is 2. The topological polar surface area (TPSA) is 95.9 Å². The van der Waals surface area contributed by atoms with Crippen molar-refractivity contribution in [3.8, 4) is 0 Å². The van der Waals surface area contributed by atoms with Crippen molar-refractivity contribution in [3.63, 3.8) is 0 Å². The van der Waals surface area contributed by atoms with Gasteiger partial charge in [0.05, 0.1) is 25.4 Å². The molecule has 0 saturated carbocycles. The molecule has 0 heterocycles. The summed E-state index contributed by atoms with van der Waals surface area (Å²) in [4.78, 5) is 24.6. The molecule has 444 valence electrons. The molecule has 6 heteroatoms. The molecule has 0 saturated heterocycles. The second-order valence-corrected chi connectivity index (χ2v) is 23.5. The number of aliphatic hydroxyl groups is 2. The van der Waals surface area contributed by atoms with E-state index in [0.717, 1.165) is 51.4 Å². The Labute approximate surface area is 469 Å². The van der Waals surface area contributed by atoms with Crippen LogP contribution in [0.15, 0.2) is 24.3 Å². The molecule has 0 aromatic heterocycles. The summed E-state index contributed by atoms with van der Waals surface area (Å²) in [5.74, 6) is -0.0256. The molecule has 2 atom stereocenters. The lowest BCUT2D eigenvalue weighted by Crippen LogP contribution is -2.45. The second kappa shape index (κ2) is 64.9. The minimum absolute atomic E-state index is 0.00387. The number of carbonyl (C=O) groups excluding carboxylic acids is 2. The fourth-order valence-electron chi connectivity index (χ4n) is 10.8. The van der Waals surface area contributed by atoms with Gasteiger partial charge in [0.15, 0.2) is 0 Å². The monoisotopic (exact) mass is 1060 g/mol. The minimum atomic E-state index is -0.663. The van der Waals surface area contributed by atoms with Crippen molar-refractivity contribution in [2.45, 2.75) is 392 Å². The number of amides is 1. The van der Waals surface area contributed by atoms with Crippen molar-refractivity contribution in [3.05, 3.63) is 24.3 Å². The van der Waals surface area contributed by atoms with Crippen molar-refractivity contribution >= 4 is 11.9 Å². The Morgan fingerprint density at radius 2 is 0.667 bits per heavy atom. The van der Waals surface area contributed by atoms with E-state index < -0.39 is 12.1 Å². The lowest BCUT2D eigenvalue weighted by atomic mass is 10.0. The molecule has 0 aliphatic heterocycles. The molecule has 0 spiro atoms. The number of unbranched alkanes of at least 4 members (excludes halogenated alkanes) is 49. The van der Waals surface area contributed by atoms with Crippen molar-refractivity contribution in [1.82, 2.24) is 5.32 Å². The van der Waals surface area contributed by atoms with E-state index in [4.69, 9.17) is 4.74 Å². The Balaban J connectivity index is 3.35. The van der Waals surface area contributed by atoms with Gasteiger partial charge in [0.25, 0.3) is 0 Å². The highest BCUT2D eigenvalue weighted by molar-refractivity contribution is 5.76. The molecule has 6 nitrogen and oxygen atoms in total. The summed E-state index contributed by atoms with van der Waals surface area (Å²) in [6.07, 6.45) is 80.7. The van der Waals surface area contributed by atoms with Crippen LogP contribution in [0.3, 0.4) is 0 Å². The van der Waals surface area contributed by atoms with Crippen LogP contribution in [-0.2, 0) is 14.3 Å². The Hall–Kier alpha value is -1.66. The number of ether oxygens (including phenoxy) is 1. The first-order valence-corrected chi connectivity index (χ1v) is 34.1. The smallest absolute Gasteiger partial charge is 0.305 e. The Kier molecular flexibility index (Phi) is 63.4. The molecule has 1 amide bonds. The van der Waals surface area contributed by atoms with E-state index in [0.29, 0.717) is 25.9 Å². The van der Waals surface area contributed by atoms with Gasteiger partial charge in [0.2, 0.25) is 5.91 Å². The molecule has 3 N–H and O–H groups in total. The van der Waals surface area contributed by atoms with Crippen LogP contribution < -0.4 is 5.32 Å². The Bertz CT molecular complexity index is 1170. The van der Waals surface area contributed by atoms with Crippen LogP contribution in [-0.4, -0.2) is 47.4 Å². The summed E-state index contributed by atoms with van der Waals surface area (Å²) in [6, 6.07) is -0.540. The molecule has 75 heavy (non-hydrogen) atoms. The maximum atomic E-state index is 12.5. The number of nitrogens with one attached hydrogen (secondary N) is 1. The van der Waals surface area contributed by atoms with Crippen LogP contribution in [0.4, 0.5) is 0 Å². The number of hydrogen-bond acceptors (Lipinski definition) is 5. The van der Waals surface area contributed by atoms with E-state index >= 15 is 0 Å². The van der Waals surface area contributed by atoms with E-state index in [1.54, 1.807) is 0 Å². The predicted octanol–water partition coefficient (Wildman–Crippen LogP) is 21.8.